The van der Waals surface area contributed by atoms with Gasteiger partial charge in [-0.2, -0.15) is 11.8 Å². The molecular weight excluding hydrogens is 290 g/mol. The van der Waals surface area contributed by atoms with Crippen LogP contribution in [0, 0.1) is 4.91 Å². The zero-order valence-corrected chi connectivity index (χ0v) is 12.8. The van der Waals surface area contributed by atoms with Crippen LogP contribution in [0.2, 0.25) is 0 Å². The third-order valence-corrected chi connectivity index (χ3v) is 4.79. The van der Waals surface area contributed by atoms with E-state index in [2.05, 4.69) is 10.2 Å². The number of methoxy groups -OCH3 is 1. The number of rotatable bonds is 4. The molecule has 1 atom stereocenters. The minimum absolute atomic E-state index is 0.0507. The fourth-order valence-corrected chi connectivity index (χ4v) is 3.74. The van der Waals surface area contributed by atoms with Crippen molar-refractivity contribution < 1.29 is 9.47 Å². The van der Waals surface area contributed by atoms with Crippen molar-refractivity contribution in [3.63, 3.8) is 0 Å². The van der Waals surface area contributed by atoms with Crippen molar-refractivity contribution in [3.8, 4) is 11.5 Å². The summed E-state index contributed by atoms with van der Waals surface area (Å²) in [6.07, 6.45) is 0. The van der Waals surface area contributed by atoms with Gasteiger partial charge in [-0.25, -0.2) is 5.01 Å². The summed E-state index contributed by atoms with van der Waals surface area (Å²) in [4.78, 5) is 13.7. The van der Waals surface area contributed by atoms with E-state index in [-0.39, 0.29) is 6.04 Å². The van der Waals surface area contributed by atoms with Crippen LogP contribution >= 0.6 is 11.8 Å². The Bertz CT molecular complexity index is 508. The first-order chi connectivity index (χ1) is 10.3. The highest BCUT2D eigenvalue weighted by Gasteiger charge is 2.32. The topological polar surface area (TPSA) is 54.4 Å². The van der Waals surface area contributed by atoms with Crippen LogP contribution in [0.25, 0.3) is 0 Å². The largest absolute Gasteiger partial charge is 0.493 e. The normalized spacial score (nSPS) is 22.3. The molecule has 1 aromatic rings. The summed E-state index contributed by atoms with van der Waals surface area (Å²) in [7, 11) is 1.59. The van der Waals surface area contributed by atoms with Crippen molar-refractivity contribution in [3.05, 3.63) is 23.1 Å². The third-order valence-electron chi connectivity index (χ3n) is 3.85. The Hall–Kier alpha value is -1.47. The molecule has 7 heteroatoms. The maximum atomic E-state index is 11.3. The van der Waals surface area contributed by atoms with Crippen LogP contribution in [-0.2, 0) is 0 Å². The maximum absolute atomic E-state index is 11.3. The first-order valence-corrected chi connectivity index (χ1v) is 8.21. The average molecular weight is 309 g/mol. The van der Waals surface area contributed by atoms with Crippen molar-refractivity contribution in [1.29, 1.82) is 0 Å². The number of thioether (sulfide) groups is 1. The number of benzene rings is 1. The number of nitroso groups, excluding NO2 is 1. The Morgan fingerprint density at radius 3 is 2.95 bits per heavy atom. The fraction of sp³-hybridized carbons (Fsp3) is 0.571. The Kier molecular flexibility index (Phi) is 4.50. The second kappa shape index (κ2) is 6.53. The van der Waals surface area contributed by atoms with E-state index < -0.39 is 0 Å². The van der Waals surface area contributed by atoms with E-state index >= 15 is 0 Å². The summed E-state index contributed by atoms with van der Waals surface area (Å²) in [6, 6.07) is 5.46. The number of nitrogens with zero attached hydrogens (tertiary/aromatic N) is 3. The monoisotopic (exact) mass is 309 g/mol. The summed E-state index contributed by atoms with van der Waals surface area (Å²) in [6.45, 7) is 3.35. The SMILES string of the molecule is COc1cccc2c1OCC(CN1CCSCC1)N2N=O. The van der Waals surface area contributed by atoms with Gasteiger partial charge in [0, 0.05) is 31.1 Å². The van der Waals surface area contributed by atoms with Crippen LogP contribution < -0.4 is 14.5 Å². The lowest BCUT2D eigenvalue weighted by Crippen LogP contribution is -2.49. The zero-order valence-electron chi connectivity index (χ0n) is 12.0. The Labute approximate surface area is 128 Å². The highest BCUT2D eigenvalue weighted by Crippen LogP contribution is 2.41. The first kappa shape index (κ1) is 14.5. The molecule has 1 unspecified atom stereocenters. The minimum atomic E-state index is -0.0507. The number of hydrogen-bond acceptors (Lipinski definition) is 6. The van der Waals surface area contributed by atoms with Crippen molar-refractivity contribution >= 4 is 17.4 Å². The molecule has 0 bridgehead atoms. The highest BCUT2D eigenvalue weighted by molar-refractivity contribution is 7.99. The fourth-order valence-electron chi connectivity index (χ4n) is 2.76. The van der Waals surface area contributed by atoms with Crippen molar-refractivity contribution in [1.82, 2.24) is 4.90 Å². The van der Waals surface area contributed by atoms with Crippen molar-refractivity contribution in [2.75, 3.05) is 49.9 Å². The molecule has 1 fully saturated rings. The van der Waals surface area contributed by atoms with Gasteiger partial charge < -0.3 is 9.47 Å². The quantitative estimate of drug-likeness (QED) is 0.793. The van der Waals surface area contributed by atoms with E-state index in [9.17, 15) is 4.91 Å². The standard InChI is InChI=1S/C14H19N3O3S/c1-19-13-4-2-3-12-14(13)20-10-11(17(12)15-18)9-16-5-7-21-8-6-16/h2-4,11H,5-10H2,1H3. The molecule has 0 radical (unpaired) electrons. The Balaban J connectivity index is 1.79. The zero-order chi connectivity index (χ0) is 14.7. The second-order valence-electron chi connectivity index (χ2n) is 5.11. The van der Waals surface area contributed by atoms with E-state index in [1.807, 2.05) is 30.0 Å². The van der Waals surface area contributed by atoms with Crippen LogP contribution in [0.4, 0.5) is 5.69 Å². The molecule has 0 aromatic heterocycles. The third kappa shape index (κ3) is 2.94. The van der Waals surface area contributed by atoms with Crippen LogP contribution in [0.5, 0.6) is 11.5 Å². The molecule has 0 amide bonds. The average Bonchev–Trinajstić information content (AvgIpc) is 2.55. The molecule has 0 saturated carbocycles. The predicted molar refractivity (Wildman–Crippen MR) is 84.3 cm³/mol. The summed E-state index contributed by atoms with van der Waals surface area (Å²) in [5.74, 6) is 3.53. The predicted octanol–water partition coefficient (Wildman–Crippen LogP) is 1.99. The van der Waals surface area contributed by atoms with Gasteiger partial charge in [0.15, 0.2) is 11.5 Å². The Morgan fingerprint density at radius 1 is 1.43 bits per heavy atom. The van der Waals surface area contributed by atoms with E-state index in [0.29, 0.717) is 23.8 Å². The summed E-state index contributed by atoms with van der Waals surface area (Å²) in [5.41, 5.74) is 0.687. The number of hydrogen-bond donors (Lipinski definition) is 0. The number of ether oxygens (including phenoxy) is 2. The molecular formula is C14H19N3O3S. The molecule has 0 N–H and O–H groups in total. The lowest BCUT2D eigenvalue weighted by atomic mass is 10.1. The molecule has 1 aromatic carbocycles. The summed E-state index contributed by atoms with van der Waals surface area (Å²) < 4.78 is 11.1. The highest BCUT2D eigenvalue weighted by atomic mass is 32.2. The van der Waals surface area contributed by atoms with E-state index in [1.54, 1.807) is 7.11 Å². The van der Waals surface area contributed by atoms with Gasteiger partial charge in [0.25, 0.3) is 0 Å². The van der Waals surface area contributed by atoms with E-state index in [0.717, 1.165) is 31.1 Å². The van der Waals surface area contributed by atoms with Crippen LogP contribution in [0.15, 0.2) is 23.5 Å². The van der Waals surface area contributed by atoms with Crippen molar-refractivity contribution in [2.24, 2.45) is 5.29 Å². The summed E-state index contributed by atoms with van der Waals surface area (Å²) >= 11 is 1.97. The summed E-state index contributed by atoms with van der Waals surface area (Å²) in [5, 5.41) is 4.76. The molecule has 2 aliphatic rings. The lowest BCUT2D eigenvalue weighted by molar-refractivity contribution is 0.200. The van der Waals surface area contributed by atoms with Gasteiger partial charge >= 0.3 is 0 Å². The molecule has 6 nitrogen and oxygen atoms in total. The molecule has 1 saturated heterocycles. The minimum Gasteiger partial charge on any atom is -0.493 e. The van der Waals surface area contributed by atoms with Crippen LogP contribution in [-0.4, -0.2) is 55.8 Å². The van der Waals surface area contributed by atoms with Crippen molar-refractivity contribution in [2.45, 2.75) is 6.04 Å². The second-order valence-corrected chi connectivity index (χ2v) is 6.34. The van der Waals surface area contributed by atoms with E-state index in [4.69, 9.17) is 9.47 Å². The van der Waals surface area contributed by atoms with Gasteiger partial charge in [-0.3, -0.25) is 4.90 Å². The smallest absolute Gasteiger partial charge is 0.186 e. The molecule has 0 aliphatic carbocycles. The van der Waals surface area contributed by atoms with Gasteiger partial charge in [-0.1, -0.05) is 6.07 Å². The van der Waals surface area contributed by atoms with E-state index in [1.165, 1.54) is 5.01 Å². The molecule has 2 aliphatic heterocycles. The first-order valence-electron chi connectivity index (χ1n) is 7.06. The number of anilines is 1. The number of fused-ring (bicyclic) bond motifs is 1. The molecule has 3 rings (SSSR count). The number of para-hydroxylation sites is 1. The lowest BCUT2D eigenvalue weighted by Gasteiger charge is -2.37. The van der Waals surface area contributed by atoms with Gasteiger partial charge in [0.2, 0.25) is 0 Å². The maximum Gasteiger partial charge on any atom is 0.186 e. The molecule has 2 heterocycles. The van der Waals surface area contributed by atoms with Gasteiger partial charge in [0.1, 0.15) is 18.3 Å². The van der Waals surface area contributed by atoms with Gasteiger partial charge in [-0.15, -0.1) is 4.91 Å². The van der Waals surface area contributed by atoms with Crippen LogP contribution in [0.1, 0.15) is 0 Å². The molecule has 0 spiro atoms. The molecule has 21 heavy (non-hydrogen) atoms. The molecule has 114 valence electrons. The Morgan fingerprint density at radius 2 is 2.24 bits per heavy atom. The van der Waals surface area contributed by atoms with Gasteiger partial charge in [0.05, 0.1) is 12.4 Å². The van der Waals surface area contributed by atoms with Gasteiger partial charge in [-0.05, 0) is 12.1 Å². The van der Waals surface area contributed by atoms with Crippen LogP contribution in [0.3, 0.4) is 0 Å².